The Morgan fingerprint density at radius 3 is 2.46 bits per heavy atom. The summed E-state index contributed by atoms with van der Waals surface area (Å²) in [6.45, 7) is -0.622. The average molecular weight is 498 g/mol. The maximum Gasteiger partial charge on any atom is 0.433 e. The summed E-state index contributed by atoms with van der Waals surface area (Å²) in [5, 5.41) is 9.87. The number of anilines is 1. The lowest BCUT2D eigenvalue weighted by molar-refractivity contribution is -0.142. The lowest BCUT2D eigenvalue weighted by atomic mass is 10.2. The number of amides is 1. The number of nitrogens with zero attached hydrogens (tertiary/aromatic N) is 5. The highest BCUT2D eigenvalue weighted by Gasteiger charge is 2.38. The number of carbonyl (C=O) groups excluding carboxylic acids is 1. The van der Waals surface area contributed by atoms with E-state index in [1.54, 1.807) is 0 Å². The van der Waals surface area contributed by atoms with Gasteiger partial charge >= 0.3 is 6.18 Å². The summed E-state index contributed by atoms with van der Waals surface area (Å²) in [6, 6.07) is 1.11. The van der Waals surface area contributed by atoms with Crippen molar-refractivity contribution in [2.45, 2.75) is 31.5 Å². The quantitative estimate of drug-likeness (QED) is 0.246. The number of alkyl halides is 3. The molecular formula is C21H13F7N6O. The van der Waals surface area contributed by atoms with Crippen LogP contribution in [0.25, 0.3) is 5.65 Å². The van der Waals surface area contributed by atoms with E-state index < -0.39 is 53.2 Å². The fourth-order valence-corrected chi connectivity index (χ4v) is 3.56. The van der Waals surface area contributed by atoms with E-state index in [-0.39, 0.29) is 34.6 Å². The average Bonchev–Trinajstić information content (AvgIpc) is 3.41. The van der Waals surface area contributed by atoms with Crippen molar-refractivity contribution in [2.24, 2.45) is 0 Å². The molecule has 1 amide bonds. The topological polar surface area (TPSA) is 77.1 Å². The number of benzene rings is 1. The molecule has 0 unspecified atom stereocenters. The van der Waals surface area contributed by atoms with E-state index in [4.69, 9.17) is 0 Å². The number of hydrogen-bond donors (Lipinski definition) is 1. The number of halogens is 7. The van der Waals surface area contributed by atoms with Gasteiger partial charge in [0.15, 0.2) is 23.1 Å². The van der Waals surface area contributed by atoms with Crippen molar-refractivity contribution in [2.75, 3.05) is 5.32 Å². The molecule has 3 aromatic heterocycles. The van der Waals surface area contributed by atoms with Gasteiger partial charge in [0, 0.05) is 29.4 Å². The molecule has 35 heavy (non-hydrogen) atoms. The fourth-order valence-electron chi connectivity index (χ4n) is 3.56. The first-order chi connectivity index (χ1) is 16.5. The van der Waals surface area contributed by atoms with Gasteiger partial charge in [0.2, 0.25) is 0 Å². The Morgan fingerprint density at radius 1 is 1.03 bits per heavy atom. The third kappa shape index (κ3) is 4.19. The smallest absolute Gasteiger partial charge is 0.319 e. The van der Waals surface area contributed by atoms with E-state index in [9.17, 15) is 35.5 Å². The normalized spacial score (nSPS) is 14.0. The molecule has 1 saturated carbocycles. The third-order valence-corrected chi connectivity index (χ3v) is 5.44. The molecule has 182 valence electrons. The molecule has 0 bridgehead atoms. The Labute approximate surface area is 191 Å². The molecule has 3 heterocycles. The Bertz CT molecular complexity index is 1470. The van der Waals surface area contributed by atoms with E-state index in [1.807, 2.05) is 0 Å². The van der Waals surface area contributed by atoms with Crippen LogP contribution in [-0.4, -0.2) is 30.3 Å². The summed E-state index contributed by atoms with van der Waals surface area (Å²) < 4.78 is 96.4. The minimum absolute atomic E-state index is 0.0205. The first kappa shape index (κ1) is 22.8. The van der Waals surface area contributed by atoms with Gasteiger partial charge in [-0.1, -0.05) is 0 Å². The highest BCUT2D eigenvalue weighted by molar-refractivity contribution is 6.08. The van der Waals surface area contributed by atoms with Gasteiger partial charge in [0.25, 0.3) is 5.91 Å². The van der Waals surface area contributed by atoms with Gasteiger partial charge < -0.3 is 5.32 Å². The summed E-state index contributed by atoms with van der Waals surface area (Å²) in [4.78, 5) is 17.0. The zero-order valence-electron chi connectivity index (χ0n) is 17.4. The minimum Gasteiger partial charge on any atom is -0.319 e. The van der Waals surface area contributed by atoms with Crippen LogP contribution in [0.1, 0.15) is 46.1 Å². The van der Waals surface area contributed by atoms with Crippen LogP contribution in [0.3, 0.4) is 0 Å². The second kappa shape index (κ2) is 8.06. The zero-order chi connectivity index (χ0) is 25.1. The lowest BCUT2D eigenvalue weighted by Gasteiger charge is -2.11. The maximum atomic E-state index is 13.9. The number of carbonyl (C=O) groups is 1. The van der Waals surface area contributed by atoms with Crippen molar-refractivity contribution in [3.05, 3.63) is 76.5 Å². The molecule has 1 N–H and O–H groups in total. The molecule has 0 atom stereocenters. The number of fused-ring (bicyclic) bond motifs is 1. The van der Waals surface area contributed by atoms with Gasteiger partial charge in [-0.15, -0.1) is 0 Å². The predicted molar refractivity (Wildman–Crippen MR) is 106 cm³/mol. The van der Waals surface area contributed by atoms with Crippen LogP contribution in [0.2, 0.25) is 0 Å². The Morgan fingerprint density at radius 2 is 1.77 bits per heavy atom. The highest BCUT2D eigenvalue weighted by Crippen LogP contribution is 2.41. The summed E-state index contributed by atoms with van der Waals surface area (Å²) >= 11 is 0. The lowest BCUT2D eigenvalue weighted by Crippen LogP contribution is -2.16. The second-order valence-corrected chi connectivity index (χ2v) is 7.96. The summed E-state index contributed by atoms with van der Waals surface area (Å²) in [5.41, 5.74) is -2.13. The molecule has 14 heteroatoms. The first-order valence-corrected chi connectivity index (χ1v) is 10.1. The van der Waals surface area contributed by atoms with Gasteiger partial charge in [-0.2, -0.15) is 23.4 Å². The highest BCUT2D eigenvalue weighted by atomic mass is 19.4. The van der Waals surface area contributed by atoms with Crippen molar-refractivity contribution >= 4 is 17.2 Å². The van der Waals surface area contributed by atoms with E-state index in [0.717, 1.165) is 29.3 Å². The standard InChI is InChI=1S/C21H13F7N6O/c22-13-3-14(23)18(25)17(24)12(13)8-33-7-10(5-29-33)31-20(35)11-6-30-34-16(21(26,27)28)4-15(9-1-2-9)32-19(11)34/h3-7,9H,1-2,8H2,(H,31,35). The minimum atomic E-state index is -4.73. The van der Waals surface area contributed by atoms with Crippen molar-refractivity contribution < 1.29 is 35.5 Å². The van der Waals surface area contributed by atoms with Gasteiger partial charge in [-0.25, -0.2) is 27.1 Å². The first-order valence-electron chi connectivity index (χ1n) is 10.1. The molecule has 0 saturated heterocycles. The van der Waals surface area contributed by atoms with Crippen LogP contribution >= 0.6 is 0 Å². The molecule has 0 radical (unpaired) electrons. The van der Waals surface area contributed by atoms with Crippen LogP contribution in [0.4, 0.5) is 36.4 Å². The third-order valence-electron chi connectivity index (χ3n) is 5.44. The van der Waals surface area contributed by atoms with Gasteiger partial charge in [-0.3, -0.25) is 9.48 Å². The summed E-state index contributed by atoms with van der Waals surface area (Å²) in [7, 11) is 0. The van der Waals surface area contributed by atoms with Crippen molar-refractivity contribution in [1.29, 1.82) is 0 Å². The molecule has 1 fully saturated rings. The van der Waals surface area contributed by atoms with Crippen LogP contribution in [-0.2, 0) is 12.7 Å². The molecule has 7 nitrogen and oxygen atoms in total. The molecular weight excluding hydrogens is 485 g/mol. The maximum absolute atomic E-state index is 13.9. The number of aromatic nitrogens is 5. The zero-order valence-corrected chi connectivity index (χ0v) is 17.4. The Balaban J connectivity index is 1.41. The summed E-state index contributed by atoms with van der Waals surface area (Å²) in [6.07, 6.45) is -0.156. The van der Waals surface area contributed by atoms with E-state index in [2.05, 4.69) is 20.5 Å². The van der Waals surface area contributed by atoms with Gasteiger partial charge in [0.05, 0.1) is 24.6 Å². The molecule has 0 spiro atoms. The SMILES string of the molecule is O=C(Nc1cnn(Cc2c(F)cc(F)c(F)c2F)c1)c1cnn2c(C(F)(F)F)cc(C3CC3)nc12. The monoisotopic (exact) mass is 498 g/mol. The van der Waals surface area contributed by atoms with E-state index in [0.29, 0.717) is 17.4 Å². The Kier molecular flexibility index (Phi) is 5.25. The molecule has 1 aliphatic rings. The van der Waals surface area contributed by atoms with Gasteiger partial charge in [-0.05, 0) is 18.9 Å². The largest absolute Gasteiger partial charge is 0.433 e. The van der Waals surface area contributed by atoms with Crippen LogP contribution in [0, 0.1) is 23.3 Å². The van der Waals surface area contributed by atoms with Crippen molar-refractivity contribution in [1.82, 2.24) is 24.4 Å². The molecule has 5 rings (SSSR count). The molecule has 1 aromatic carbocycles. The molecule has 1 aliphatic carbocycles. The number of hydrogen-bond acceptors (Lipinski definition) is 4. The van der Waals surface area contributed by atoms with Crippen molar-refractivity contribution in [3.63, 3.8) is 0 Å². The summed E-state index contributed by atoms with van der Waals surface area (Å²) in [5.74, 6) is -7.54. The fraction of sp³-hybridized carbons (Fsp3) is 0.238. The molecule has 0 aliphatic heterocycles. The predicted octanol–water partition coefficient (Wildman–Crippen LogP) is 4.68. The number of rotatable bonds is 5. The van der Waals surface area contributed by atoms with E-state index in [1.165, 1.54) is 0 Å². The number of nitrogens with one attached hydrogen (secondary N) is 1. The van der Waals surface area contributed by atoms with Crippen LogP contribution < -0.4 is 5.32 Å². The molecule has 4 aromatic rings. The Hall–Kier alpha value is -3.97. The van der Waals surface area contributed by atoms with Crippen LogP contribution in [0.5, 0.6) is 0 Å². The second-order valence-electron chi connectivity index (χ2n) is 7.96. The van der Waals surface area contributed by atoms with Gasteiger partial charge in [0.1, 0.15) is 17.1 Å². The van der Waals surface area contributed by atoms with Crippen molar-refractivity contribution in [3.8, 4) is 0 Å². The van der Waals surface area contributed by atoms with E-state index >= 15 is 0 Å². The van der Waals surface area contributed by atoms with Crippen LogP contribution in [0.15, 0.2) is 30.7 Å².